The van der Waals surface area contributed by atoms with Gasteiger partial charge in [-0.05, 0) is 106 Å². The summed E-state index contributed by atoms with van der Waals surface area (Å²) in [6, 6.07) is 15.4. The van der Waals surface area contributed by atoms with Gasteiger partial charge in [0.15, 0.2) is 0 Å². The largest absolute Gasteiger partial charge is 0.508 e. The Morgan fingerprint density at radius 1 is 1.13 bits per heavy atom. The third kappa shape index (κ3) is 8.80. The van der Waals surface area contributed by atoms with Crippen molar-refractivity contribution in [3.05, 3.63) is 112 Å². The number of hydrogen-bond acceptors (Lipinski definition) is 5. The number of likely N-dealkylation sites (tertiary alicyclic amines) is 1. The lowest BCUT2D eigenvalue weighted by molar-refractivity contribution is 0.0718. The van der Waals surface area contributed by atoms with Crippen molar-refractivity contribution >= 4 is 46.3 Å². The molecule has 7 nitrogen and oxygen atoms in total. The van der Waals surface area contributed by atoms with Gasteiger partial charge in [0.2, 0.25) is 0 Å². The number of fused-ring (bicyclic) bond motifs is 1. The van der Waals surface area contributed by atoms with Crippen molar-refractivity contribution in [1.29, 1.82) is 0 Å². The zero-order chi connectivity index (χ0) is 33.4. The number of aliphatic hydroxyl groups is 1. The highest BCUT2D eigenvalue weighted by atomic mass is 35.5. The van der Waals surface area contributed by atoms with Gasteiger partial charge in [-0.25, -0.2) is 9.98 Å². The first-order chi connectivity index (χ1) is 22.7. The van der Waals surface area contributed by atoms with Crippen molar-refractivity contribution < 1.29 is 9.50 Å². The Morgan fingerprint density at radius 3 is 2.64 bits per heavy atom. The number of aliphatic imine (C=N–C) groups is 1. The van der Waals surface area contributed by atoms with Crippen LogP contribution in [0.15, 0.2) is 79.1 Å². The lowest BCUT2D eigenvalue weighted by Crippen LogP contribution is -2.42. The second-order valence-electron chi connectivity index (χ2n) is 12.4. The third-order valence-electron chi connectivity index (χ3n) is 9.20. The van der Waals surface area contributed by atoms with E-state index >= 15 is 0 Å². The quantitative estimate of drug-likeness (QED) is 0.0779. The van der Waals surface area contributed by atoms with Crippen molar-refractivity contribution in [2.24, 2.45) is 10.4 Å². The predicted octanol–water partition coefficient (Wildman–Crippen LogP) is 8.34. The van der Waals surface area contributed by atoms with Crippen LogP contribution < -0.4 is 0 Å². The number of halogens is 3. The molecule has 1 aliphatic heterocycles. The molecule has 0 saturated carbocycles. The zero-order valence-electron chi connectivity index (χ0n) is 27.0. The van der Waals surface area contributed by atoms with Gasteiger partial charge in [0.05, 0.1) is 30.6 Å². The summed E-state index contributed by atoms with van der Waals surface area (Å²) in [6.45, 7) is 13.6. The molecule has 47 heavy (non-hydrogen) atoms. The molecule has 5 rings (SSSR count). The Morgan fingerprint density at radius 2 is 1.94 bits per heavy atom. The summed E-state index contributed by atoms with van der Waals surface area (Å²) in [5, 5.41) is 11.4. The van der Waals surface area contributed by atoms with Crippen LogP contribution in [0, 0.1) is 5.41 Å². The molecule has 0 aliphatic carbocycles. The van der Waals surface area contributed by atoms with Crippen LogP contribution in [0.1, 0.15) is 48.0 Å². The highest BCUT2D eigenvalue weighted by Crippen LogP contribution is 2.36. The number of hydrogen-bond donors (Lipinski definition) is 1. The molecule has 3 heterocycles. The summed E-state index contributed by atoms with van der Waals surface area (Å²) < 4.78 is 17.0. The molecule has 0 bridgehead atoms. The molecular weight excluding hydrogens is 634 g/mol. The van der Waals surface area contributed by atoms with E-state index in [2.05, 4.69) is 50.5 Å². The topological polar surface area (TPSA) is 69.8 Å². The van der Waals surface area contributed by atoms with Crippen LogP contribution in [0.5, 0.6) is 0 Å². The Kier molecular flexibility index (Phi) is 11.7. The molecule has 2 aromatic heterocycles. The maximum Gasteiger partial charge on any atom is 0.124 e. The van der Waals surface area contributed by atoms with Crippen LogP contribution in [0.25, 0.3) is 16.8 Å². The highest BCUT2D eigenvalue weighted by molar-refractivity contribution is 6.35. The minimum Gasteiger partial charge on any atom is -0.508 e. The summed E-state index contributed by atoms with van der Waals surface area (Å²) in [7, 11) is 0. The van der Waals surface area contributed by atoms with Crippen LogP contribution in [-0.2, 0) is 32.4 Å². The number of aliphatic hydroxyl groups excluding tert-OH is 1. The van der Waals surface area contributed by atoms with Crippen LogP contribution in [0.2, 0.25) is 10.0 Å². The number of imidazole rings is 1. The number of aromatic nitrogens is 3. The maximum absolute atomic E-state index is 14.8. The van der Waals surface area contributed by atoms with Crippen molar-refractivity contribution in [2.45, 2.75) is 52.1 Å². The fourth-order valence-corrected chi connectivity index (χ4v) is 6.83. The summed E-state index contributed by atoms with van der Waals surface area (Å²) in [5.74, 6) is 0.977. The monoisotopic (exact) mass is 676 g/mol. The Hall–Kier alpha value is -3.72. The molecule has 0 spiro atoms. The number of rotatable bonds is 15. The number of alkyl halides is 1. The van der Waals surface area contributed by atoms with Gasteiger partial charge >= 0.3 is 0 Å². The second-order valence-corrected chi connectivity index (χ2v) is 13.2. The molecule has 0 amide bonds. The van der Waals surface area contributed by atoms with E-state index in [4.69, 9.17) is 28.2 Å². The van der Waals surface area contributed by atoms with Crippen LogP contribution in [-0.4, -0.2) is 68.6 Å². The minimum absolute atomic E-state index is 0.0281. The molecule has 0 unspecified atom stereocenters. The molecule has 1 saturated heterocycles. The van der Waals surface area contributed by atoms with Gasteiger partial charge in [0.25, 0.3) is 0 Å². The van der Waals surface area contributed by atoms with E-state index in [-0.39, 0.29) is 12.4 Å². The third-order valence-corrected chi connectivity index (χ3v) is 9.79. The molecule has 248 valence electrons. The Bertz CT molecular complexity index is 1730. The van der Waals surface area contributed by atoms with Crippen molar-refractivity contribution in [3.63, 3.8) is 0 Å². The second kappa shape index (κ2) is 15.9. The Balaban J connectivity index is 1.26. The van der Waals surface area contributed by atoms with Gasteiger partial charge in [-0.2, -0.15) is 0 Å². The highest BCUT2D eigenvalue weighted by Gasteiger charge is 2.35. The van der Waals surface area contributed by atoms with Crippen LogP contribution >= 0.6 is 23.2 Å². The maximum atomic E-state index is 14.8. The summed E-state index contributed by atoms with van der Waals surface area (Å²) in [5.41, 5.74) is 5.21. The smallest absolute Gasteiger partial charge is 0.124 e. The lowest BCUT2D eigenvalue weighted by atomic mass is 9.75. The first-order valence-electron chi connectivity index (χ1n) is 16.1. The normalized spacial score (nSPS) is 15.0. The van der Waals surface area contributed by atoms with Gasteiger partial charge in [-0.1, -0.05) is 42.4 Å². The Labute approximate surface area is 287 Å². The van der Waals surface area contributed by atoms with Gasteiger partial charge in [0, 0.05) is 58.7 Å². The van der Waals surface area contributed by atoms with Gasteiger partial charge < -0.3 is 14.6 Å². The average Bonchev–Trinajstić information content (AvgIpc) is 3.41. The van der Waals surface area contributed by atoms with E-state index < -0.39 is 5.41 Å². The van der Waals surface area contributed by atoms with Gasteiger partial charge in [-0.15, -0.1) is 0 Å². The molecule has 1 N–H and O–H groups in total. The fourth-order valence-electron chi connectivity index (χ4n) is 6.33. The van der Waals surface area contributed by atoms with E-state index in [1.165, 1.54) is 6.20 Å². The van der Waals surface area contributed by atoms with Crippen molar-refractivity contribution in [2.75, 3.05) is 32.9 Å². The zero-order valence-corrected chi connectivity index (χ0v) is 28.5. The molecule has 10 heteroatoms. The fraction of sp³-hybridized carbons (Fsp3) is 0.378. The number of nitrogens with zero attached hydrogens (tertiary/aromatic N) is 6. The van der Waals surface area contributed by atoms with Gasteiger partial charge in [-0.3, -0.25) is 14.3 Å². The SMILES string of the molecule is C=CN=CN(CC)CCn1c(CN2CCC(CF)(Cc3ccnc(CCc4ccc(Cl)cc4Cl)c3)CC2)nc2ccc(C(=C)O)cc21. The van der Waals surface area contributed by atoms with Crippen molar-refractivity contribution in [1.82, 2.24) is 24.3 Å². The molecule has 4 aromatic rings. The molecule has 1 fully saturated rings. The van der Waals surface area contributed by atoms with Crippen LogP contribution in [0.4, 0.5) is 4.39 Å². The van der Waals surface area contributed by atoms with Gasteiger partial charge in [0.1, 0.15) is 11.6 Å². The molecule has 0 radical (unpaired) electrons. The van der Waals surface area contributed by atoms with E-state index in [0.29, 0.717) is 35.1 Å². The number of piperidine rings is 1. The first-order valence-corrected chi connectivity index (χ1v) is 16.9. The van der Waals surface area contributed by atoms with E-state index in [0.717, 1.165) is 85.5 Å². The number of aryl methyl sites for hydroxylation is 2. The molecule has 1 aliphatic rings. The summed E-state index contributed by atoms with van der Waals surface area (Å²) in [6.07, 6.45) is 8.87. The first kappa shape index (κ1) is 34.6. The van der Waals surface area contributed by atoms with E-state index in [9.17, 15) is 9.50 Å². The standard InChI is InChI=1S/C37H43Cl2FN6O/c1-4-41-26-44(5-2)18-19-46-35-21-30(27(3)47)8-11-34(35)43-36(46)24-45-16-13-37(25-40,14-17-45)23-28-12-15-42-32(20-28)10-7-29-6-9-31(38)22-33(29)39/h4,6,8-9,11-12,15,20-22,26,47H,1,3,5,7,10,13-14,16-19,23-25H2,2H3. The van der Waals surface area contributed by atoms with E-state index in [1.54, 1.807) is 12.4 Å². The number of likely N-dealkylation sites (N-methyl/N-ethyl adjacent to an activating group) is 1. The number of benzene rings is 2. The van der Waals surface area contributed by atoms with Crippen LogP contribution in [0.3, 0.4) is 0 Å². The number of pyridine rings is 1. The minimum atomic E-state index is -0.406. The lowest BCUT2D eigenvalue weighted by Gasteiger charge is -2.40. The predicted molar refractivity (Wildman–Crippen MR) is 192 cm³/mol. The van der Waals surface area contributed by atoms with E-state index in [1.807, 2.05) is 42.6 Å². The molecule has 0 atom stereocenters. The average molecular weight is 678 g/mol. The molecule has 2 aromatic carbocycles. The summed E-state index contributed by atoms with van der Waals surface area (Å²) in [4.78, 5) is 18.3. The summed E-state index contributed by atoms with van der Waals surface area (Å²) >= 11 is 12.4. The van der Waals surface area contributed by atoms with Crippen molar-refractivity contribution in [3.8, 4) is 0 Å². The molecular formula is C37H43Cl2FN6O.